The number of rotatable bonds is 1. The lowest BCUT2D eigenvalue weighted by atomic mass is 10.5. The van der Waals surface area contributed by atoms with Gasteiger partial charge in [-0.3, -0.25) is 4.79 Å². The molecule has 0 bridgehead atoms. The number of hydrogen-bond acceptors (Lipinski definition) is 1. The Morgan fingerprint density at radius 1 is 1.83 bits per heavy atom. The van der Waals surface area contributed by atoms with Gasteiger partial charge in [-0.1, -0.05) is 12.7 Å². The second kappa shape index (κ2) is 0.805. The second-order valence-corrected chi connectivity index (χ2v) is 1.17. The SMILES string of the molecule is C=Cc1cc1=O. The summed E-state index contributed by atoms with van der Waals surface area (Å²) in [6.45, 7) is 3.38. The molecule has 30 valence electrons. The van der Waals surface area contributed by atoms with Crippen molar-refractivity contribution >= 4 is 6.08 Å². The van der Waals surface area contributed by atoms with Gasteiger partial charge < -0.3 is 0 Å². The zero-order chi connectivity index (χ0) is 4.57. The zero-order valence-electron chi connectivity index (χ0n) is 3.27. The van der Waals surface area contributed by atoms with E-state index in [4.69, 9.17) is 0 Å². The first-order valence-electron chi connectivity index (χ1n) is 1.73. The van der Waals surface area contributed by atoms with Gasteiger partial charge in [-0.2, -0.15) is 0 Å². The van der Waals surface area contributed by atoms with Crippen molar-refractivity contribution in [3.8, 4) is 0 Å². The molecule has 0 heterocycles. The van der Waals surface area contributed by atoms with Gasteiger partial charge in [0.1, 0.15) is 0 Å². The first-order valence-corrected chi connectivity index (χ1v) is 1.73. The summed E-state index contributed by atoms with van der Waals surface area (Å²) in [7, 11) is 0. The van der Waals surface area contributed by atoms with Crippen LogP contribution in [-0.2, 0) is 0 Å². The summed E-state index contributed by atoms with van der Waals surface area (Å²) in [5.41, 5.74) is 0.889. The van der Waals surface area contributed by atoms with Crippen LogP contribution in [0.2, 0.25) is 0 Å². The van der Waals surface area contributed by atoms with Crippen LogP contribution in [-0.4, -0.2) is 0 Å². The van der Waals surface area contributed by atoms with Crippen molar-refractivity contribution in [3.63, 3.8) is 0 Å². The Balaban J connectivity index is 2.94. The van der Waals surface area contributed by atoms with Gasteiger partial charge in [0.25, 0.3) is 0 Å². The smallest absolute Gasteiger partial charge is 0.186 e. The predicted molar refractivity (Wildman–Crippen MR) is 25.2 cm³/mol. The fourth-order valence-electron chi connectivity index (χ4n) is 0.265. The summed E-state index contributed by atoms with van der Waals surface area (Å²) in [6.07, 6.45) is 1.56. The summed E-state index contributed by atoms with van der Waals surface area (Å²) in [5.74, 6) is 0. The molecule has 0 aliphatic rings. The van der Waals surface area contributed by atoms with E-state index in [0.29, 0.717) is 0 Å². The van der Waals surface area contributed by atoms with Gasteiger partial charge >= 0.3 is 0 Å². The third-order valence-electron chi connectivity index (χ3n) is 0.708. The Morgan fingerprint density at radius 3 is 2.33 bits per heavy atom. The third kappa shape index (κ3) is 0.285. The minimum atomic E-state index is 0.130. The summed E-state index contributed by atoms with van der Waals surface area (Å²) < 4.78 is 0. The van der Waals surface area contributed by atoms with Crippen LogP contribution in [0.1, 0.15) is 5.56 Å². The summed E-state index contributed by atoms with van der Waals surface area (Å²) >= 11 is 0. The molecular weight excluding hydrogens is 76.1 g/mol. The van der Waals surface area contributed by atoms with Crippen LogP contribution in [0, 0.1) is 0 Å². The van der Waals surface area contributed by atoms with Crippen molar-refractivity contribution in [2.75, 3.05) is 0 Å². The molecule has 0 saturated heterocycles. The lowest BCUT2D eigenvalue weighted by Crippen LogP contribution is -1.69. The van der Waals surface area contributed by atoms with E-state index in [0.717, 1.165) is 5.56 Å². The molecule has 1 heteroatoms. The molecule has 6 heavy (non-hydrogen) atoms. The van der Waals surface area contributed by atoms with Crippen molar-refractivity contribution in [1.29, 1.82) is 0 Å². The van der Waals surface area contributed by atoms with E-state index < -0.39 is 0 Å². The molecule has 0 aliphatic heterocycles. The molecule has 0 amide bonds. The molecule has 1 rings (SSSR count). The van der Waals surface area contributed by atoms with E-state index >= 15 is 0 Å². The lowest BCUT2D eigenvalue weighted by Gasteiger charge is -1.50. The van der Waals surface area contributed by atoms with E-state index in [2.05, 4.69) is 6.58 Å². The molecule has 0 unspecified atom stereocenters. The van der Waals surface area contributed by atoms with Crippen LogP contribution >= 0.6 is 0 Å². The number of hydrogen-bond donors (Lipinski definition) is 0. The lowest BCUT2D eigenvalue weighted by molar-refractivity contribution is 2.00. The highest BCUT2D eigenvalue weighted by molar-refractivity contribution is 5.52. The maximum absolute atomic E-state index is 9.95. The normalized spacial score (nSPS) is 9.33. The Bertz CT molecular complexity index is 167. The topological polar surface area (TPSA) is 17.1 Å². The first kappa shape index (κ1) is 3.34. The fourth-order valence-corrected chi connectivity index (χ4v) is 0.265. The van der Waals surface area contributed by atoms with Gasteiger partial charge in [-0.25, -0.2) is 0 Å². The van der Waals surface area contributed by atoms with E-state index in [-0.39, 0.29) is 5.43 Å². The molecule has 1 aromatic rings. The van der Waals surface area contributed by atoms with Crippen molar-refractivity contribution in [2.24, 2.45) is 0 Å². The highest BCUT2D eigenvalue weighted by atomic mass is 16.1. The third-order valence-corrected chi connectivity index (χ3v) is 0.708. The average molecular weight is 80.1 g/mol. The van der Waals surface area contributed by atoms with E-state index in [1.54, 1.807) is 12.1 Å². The molecule has 1 aromatic carbocycles. The second-order valence-electron chi connectivity index (χ2n) is 1.17. The van der Waals surface area contributed by atoms with E-state index in [1.165, 1.54) is 0 Å². The van der Waals surface area contributed by atoms with Crippen LogP contribution in [0.3, 0.4) is 0 Å². The molecular formula is C5H4O. The molecule has 0 saturated carbocycles. The van der Waals surface area contributed by atoms with Crippen molar-refractivity contribution in [1.82, 2.24) is 0 Å². The van der Waals surface area contributed by atoms with Crippen molar-refractivity contribution in [2.45, 2.75) is 0 Å². The van der Waals surface area contributed by atoms with Gasteiger partial charge in [0.15, 0.2) is 5.43 Å². The molecule has 0 radical (unpaired) electrons. The van der Waals surface area contributed by atoms with E-state index in [9.17, 15) is 4.79 Å². The van der Waals surface area contributed by atoms with Crippen LogP contribution in [0.5, 0.6) is 0 Å². The average Bonchev–Trinajstić information content (AvgIpc) is 2.19. The fraction of sp³-hybridized carbons (Fsp3) is 0. The van der Waals surface area contributed by atoms with Crippen LogP contribution in [0.4, 0.5) is 0 Å². The Kier molecular flexibility index (Phi) is 0.449. The first-order chi connectivity index (χ1) is 2.84. The highest BCUT2D eigenvalue weighted by Gasteiger charge is 1.99. The Morgan fingerprint density at radius 2 is 2.33 bits per heavy atom. The standard InChI is InChI=1S/C5H4O/c1-2-4-3-5(4)6/h2-3H,1H2. The molecule has 0 atom stereocenters. The van der Waals surface area contributed by atoms with Crippen LogP contribution in [0.15, 0.2) is 17.4 Å². The van der Waals surface area contributed by atoms with Crippen LogP contribution in [0.25, 0.3) is 6.08 Å². The van der Waals surface area contributed by atoms with Gasteiger partial charge in [0, 0.05) is 5.56 Å². The quantitative estimate of drug-likeness (QED) is 0.482. The van der Waals surface area contributed by atoms with Gasteiger partial charge in [0.05, 0.1) is 0 Å². The van der Waals surface area contributed by atoms with Gasteiger partial charge in [0.2, 0.25) is 0 Å². The largest absolute Gasteiger partial charge is 0.289 e. The molecule has 0 fully saturated rings. The monoisotopic (exact) mass is 80.0 g/mol. The minimum Gasteiger partial charge on any atom is -0.289 e. The van der Waals surface area contributed by atoms with Crippen molar-refractivity contribution < 1.29 is 0 Å². The van der Waals surface area contributed by atoms with E-state index in [1.807, 2.05) is 0 Å². The molecule has 0 aliphatic carbocycles. The summed E-state index contributed by atoms with van der Waals surface area (Å²) in [4.78, 5) is 9.95. The maximum atomic E-state index is 9.95. The van der Waals surface area contributed by atoms with Crippen LogP contribution < -0.4 is 5.43 Å². The summed E-state index contributed by atoms with van der Waals surface area (Å²) in [5, 5.41) is 0. The Hall–Kier alpha value is -0.850. The molecule has 0 spiro atoms. The predicted octanol–water partition coefficient (Wildman–Crippen LogP) is 0.565. The minimum absolute atomic E-state index is 0.130. The van der Waals surface area contributed by atoms with Crippen molar-refractivity contribution in [3.05, 3.63) is 28.4 Å². The molecule has 0 aromatic heterocycles. The summed E-state index contributed by atoms with van der Waals surface area (Å²) in [6, 6.07) is 1.55. The zero-order valence-corrected chi connectivity index (χ0v) is 3.27. The van der Waals surface area contributed by atoms with Gasteiger partial charge in [-0.15, -0.1) is 0 Å². The Labute approximate surface area is 35.6 Å². The maximum Gasteiger partial charge on any atom is 0.186 e. The molecule has 0 N–H and O–H groups in total. The highest BCUT2D eigenvalue weighted by Crippen LogP contribution is 1.93. The molecule has 1 nitrogen and oxygen atoms in total. The van der Waals surface area contributed by atoms with Gasteiger partial charge in [-0.05, 0) is 6.07 Å².